The molecule has 0 unspecified atom stereocenters. The Kier molecular flexibility index (Phi) is 3.84. The van der Waals surface area contributed by atoms with E-state index in [1.165, 1.54) is 0 Å². The summed E-state index contributed by atoms with van der Waals surface area (Å²) < 4.78 is 10.2. The molecule has 0 saturated carbocycles. The first-order valence-electron chi connectivity index (χ1n) is 5.60. The number of terminal acetylenes is 1. The molecule has 5 nitrogen and oxygen atoms in total. The Morgan fingerprint density at radius 1 is 1.53 bits per heavy atom. The van der Waals surface area contributed by atoms with E-state index in [4.69, 9.17) is 15.7 Å². The van der Waals surface area contributed by atoms with Gasteiger partial charge < -0.3 is 14.6 Å². The van der Waals surface area contributed by atoms with Crippen molar-refractivity contribution in [1.82, 2.24) is 5.16 Å². The highest BCUT2D eigenvalue weighted by Crippen LogP contribution is 2.19. The summed E-state index contributed by atoms with van der Waals surface area (Å²) in [6.07, 6.45) is 5.13. The van der Waals surface area contributed by atoms with Gasteiger partial charge in [0, 0.05) is 6.07 Å². The Bertz CT molecular complexity index is 626. The van der Waals surface area contributed by atoms with Crippen LogP contribution >= 0.6 is 0 Å². The highest BCUT2D eigenvalue weighted by molar-refractivity contribution is 6.05. The molecule has 2 aromatic rings. The molecule has 0 atom stereocenters. The maximum atomic E-state index is 12.1. The number of nitrogens with zero attached hydrogens (tertiary/aromatic N) is 1. The Morgan fingerprint density at radius 3 is 3.00 bits per heavy atom. The van der Waals surface area contributed by atoms with Crippen LogP contribution in [0.4, 0.5) is 5.82 Å². The molecule has 1 aromatic heterocycles. The molecule has 96 valence electrons. The zero-order valence-corrected chi connectivity index (χ0v) is 10.3. The van der Waals surface area contributed by atoms with Crippen molar-refractivity contribution in [1.29, 1.82) is 0 Å². The molecule has 2 rings (SSSR count). The van der Waals surface area contributed by atoms with Crippen LogP contribution in [0.15, 0.2) is 34.9 Å². The molecule has 0 aliphatic rings. The number of rotatable bonds is 4. The first-order valence-corrected chi connectivity index (χ1v) is 5.60. The summed E-state index contributed by atoms with van der Waals surface area (Å²) in [4.78, 5) is 12.1. The number of aromatic nitrogens is 1. The SMILES string of the molecule is C#CCOc1ccccc1C(=O)Nc1cc(C)on1. The maximum Gasteiger partial charge on any atom is 0.260 e. The molecule has 0 saturated heterocycles. The smallest absolute Gasteiger partial charge is 0.260 e. The predicted octanol–water partition coefficient (Wildman–Crippen LogP) is 2.25. The van der Waals surface area contributed by atoms with Crippen LogP contribution in [0.3, 0.4) is 0 Å². The molecule has 1 amide bonds. The van der Waals surface area contributed by atoms with Gasteiger partial charge >= 0.3 is 0 Å². The second kappa shape index (κ2) is 5.74. The molecule has 19 heavy (non-hydrogen) atoms. The van der Waals surface area contributed by atoms with Gasteiger partial charge in [0.25, 0.3) is 5.91 Å². The first kappa shape index (κ1) is 12.7. The van der Waals surface area contributed by atoms with E-state index in [0.29, 0.717) is 22.9 Å². The fraction of sp³-hybridized carbons (Fsp3) is 0.143. The van der Waals surface area contributed by atoms with Gasteiger partial charge in [0.2, 0.25) is 0 Å². The van der Waals surface area contributed by atoms with E-state index in [-0.39, 0.29) is 12.5 Å². The number of anilines is 1. The quantitative estimate of drug-likeness (QED) is 0.852. The minimum Gasteiger partial charge on any atom is -0.480 e. The van der Waals surface area contributed by atoms with Gasteiger partial charge in [-0.1, -0.05) is 23.2 Å². The van der Waals surface area contributed by atoms with Crippen LogP contribution in [0.5, 0.6) is 5.75 Å². The fourth-order valence-electron chi connectivity index (χ4n) is 1.51. The molecule has 1 heterocycles. The normalized spacial score (nSPS) is 9.68. The highest BCUT2D eigenvalue weighted by atomic mass is 16.5. The third kappa shape index (κ3) is 3.13. The first-order chi connectivity index (χ1) is 9.20. The third-order valence-corrected chi connectivity index (χ3v) is 2.31. The number of aryl methyl sites for hydroxylation is 1. The Labute approximate surface area is 110 Å². The summed E-state index contributed by atoms with van der Waals surface area (Å²) in [5.41, 5.74) is 0.387. The summed E-state index contributed by atoms with van der Waals surface area (Å²) in [6.45, 7) is 1.85. The number of benzene rings is 1. The van der Waals surface area contributed by atoms with Gasteiger partial charge in [-0.25, -0.2) is 0 Å². The molecular weight excluding hydrogens is 244 g/mol. The van der Waals surface area contributed by atoms with E-state index in [2.05, 4.69) is 16.4 Å². The summed E-state index contributed by atoms with van der Waals surface area (Å²) in [5, 5.41) is 6.31. The van der Waals surface area contributed by atoms with Crippen LogP contribution in [-0.4, -0.2) is 17.7 Å². The number of carbonyl (C=O) groups is 1. The van der Waals surface area contributed by atoms with Crippen molar-refractivity contribution >= 4 is 11.7 Å². The average Bonchev–Trinajstić information content (AvgIpc) is 2.82. The van der Waals surface area contributed by atoms with Crippen molar-refractivity contribution in [2.45, 2.75) is 6.92 Å². The van der Waals surface area contributed by atoms with Gasteiger partial charge in [-0.15, -0.1) is 6.42 Å². The molecule has 0 aliphatic heterocycles. The number of hydrogen-bond donors (Lipinski definition) is 1. The average molecular weight is 256 g/mol. The Hall–Kier alpha value is -2.74. The minimum atomic E-state index is -0.332. The Balaban J connectivity index is 2.16. The second-order valence-corrected chi connectivity index (χ2v) is 3.77. The fourth-order valence-corrected chi connectivity index (χ4v) is 1.51. The zero-order chi connectivity index (χ0) is 13.7. The van der Waals surface area contributed by atoms with Crippen LogP contribution in [0, 0.1) is 19.3 Å². The predicted molar refractivity (Wildman–Crippen MR) is 70.0 cm³/mol. The lowest BCUT2D eigenvalue weighted by molar-refractivity contribution is 0.102. The number of hydrogen-bond acceptors (Lipinski definition) is 4. The topological polar surface area (TPSA) is 64.4 Å². The molecule has 0 fully saturated rings. The summed E-state index contributed by atoms with van der Waals surface area (Å²) in [7, 11) is 0. The van der Waals surface area contributed by atoms with Crippen molar-refractivity contribution in [3.63, 3.8) is 0 Å². The molecule has 0 aliphatic carbocycles. The van der Waals surface area contributed by atoms with E-state index < -0.39 is 0 Å². The van der Waals surface area contributed by atoms with Crippen molar-refractivity contribution in [2.24, 2.45) is 0 Å². The standard InChI is InChI=1S/C14H12N2O3/c1-3-8-18-12-7-5-4-6-11(12)14(17)15-13-9-10(2)19-16-13/h1,4-7,9H,8H2,2H3,(H,15,16,17). The highest BCUT2D eigenvalue weighted by Gasteiger charge is 2.13. The van der Waals surface area contributed by atoms with E-state index in [9.17, 15) is 4.79 Å². The van der Waals surface area contributed by atoms with Gasteiger partial charge in [0.1, 0.15) is 18.1 Å². The lowest BCUT2D eigenvalue weighted by Gasteiger charge is -2.08. The molecular formula is C14H12N2O3. The number of ether oxygens (including phenoxy) is 1. The van der Waals surface area contributed by atoms with Crippen LogP contribution in [-0.2, 0) is 0 Å². The lowest BCUT2D eigenvalue weighted by Crippen LogP contribution is -2.13. The monoisotopic (exact) mass is 256 g/mol. The van der Waals surface area contributed by atoms with Crippen LogP contribution in [0.25, 0.3) is 0 Å². The van der Waals surface area contributed by atoms with Crippen molar-refractivity contribution < 1.29 is 14.1 Å². The zero-order valence-electron chi connectivity index (χ0n) is 10.3. The largest absolute Gasteiger partial charge is 0.480 e. The van der Waals surface area contributed by atoms with Crippen molar-refractivity contribution in [3.05, 3.63) is 41.7 Å². The molecule has 0 bridgehead atoms. The summed E-state index contributed by atoms with van der Waals surface area (Å²) in [5.74, 6) is 3.42. The van der Waals surface area contributed by atoms with E-state index in [1.807, 2.05) is 0 Å². The van der Waals surface area contributed by atoms with Crippen molar-refractivity contribution in [2.75, 3.05) is 11.9 Å². The number of amides is 1. The molecule has 0 spiro atoms. The molecule has 5 heteroatoms. The number of carbonyl (C=O) groups excluding carboxylic acids is 1. The number of nitrogens with one attached hydrogen (secondary N) is 1. The minimum absolute atomic E-state index is 0.105. The summed E-state index contributed by atoms with van der Waals surface area (Å²) >= 11 is 0. The van der Waals surface area contributed by atoms with Crippen LogP contribution in [0.2, 0.25) is 0 Å². The second-order valence-electron chi connectivity index (χ2n) is 3.77. The van der Waals surface area contributed by atoms with E-state index >= 15 is 0 Å². The van der Waals surface area contributed by atoms with E-state index in [0.717, 1.165) is 0 Å². The van der Waals surface area contributed by atoms with Gasteiger partial charge in [-0.2, -0.15) is 0 Å². The van der Waals surface area contributed by atoms with Gasteiger partial charge in [0.05, 0.1) is 5.56 Å². The molecule has 1 N–H and O–H groups in total. The van der Waals surface area contributed by atoms with Crippen LogP contribution in [0.1, 0.15) is 16.1 Å². The van der Waals surface area contributed by atoms with E-state index in [1.54, 1.807) is 37.3 Å². The number of para-hydroxylation sites is 1. The van der Waals surface area contributed by atoms with Gasteiger partial charge in [-0.05, 0) is 19.1 Å². The molecule has 1 aromatic carbocycles. The third-order valence-electron chi connectivity index (χ3n) is 2.31. The molecule has 0 radical (unpaired) electrons. The van der Waals surface area contributed by atoms with Crippen LogP contribution < -0.4 is 10.1 Å². The Morgan fingerprint density at radius 2 is 2.32 bits per heavy atom. The van der Waals surface area contributed by atoms with Crippen molar-refractivity contribution in [3.8, 4) is 18.1 Å². The lowest BCUT2D eigenvalue weighted by atomic mass is 10.2. The van der Waals surface area contributed by atoms with Gasteiger partial charge in [0.15, 0.2) is 5.82 Å². The van der Waals surface area contributed by atoms with Gasteiger partial charge in [-0.3, -0.25) is 4.79 Å². The summed E-state index contributed by atoms with van der Waals surface area (Å²) in [6, 6.07) is 8.46. The maximum absolute atomic E-state index is 12.1.